The van der Waals surface area contributed by atoms with Crippen LogP contribution in [0.5, 0.6) is 0 Å². The largest absolute Gasteiger partial charge is 0.385 e. The zero-order valence-electron chi connectivity index (χ0n) is 13.8. The molecular weight excluding hydrogens is 290 g/mol. The zero-order valence-corrected chi connectivity index (χ0v) is 15.0. The molecule has 1 aliphatic rings. The van der Waals surface area contributed by atoms with Crippen molar-refractivity contribution in [2.45, 2.75) is 19.4 Å². The molecule has 0 aliphatic carbocycles. The van der Waals surface area contributed by atoms with Crippen molar-refractivity contribution >= 4 is 20.1 Å². The highest BCUT2D eigenvalue weighted by molar-refractivity contribution is 6.73. The SMILES string of the molecule is C=Cc1cccc([SiH](CCCN2CCOCC2)COCC)c1. The highest BCUT2D eigenvalue weighted by Crippen LogP contribution is 2.07. The quantitative estimate of drug-likeness (QED) is 0.650. The van der Waals surface area contributed by atoms with Gasteiger partial charge in [0, 0.05) is 25.9 Å². The van der Waals surface area contributed by atoms with E-state index in [2.05, 4.69) is 42.7 Å². The molecule has 1 saturated heterocycles. The Balaban J connectivity index is 1.88. The topological polar surface area (TPSA) is 21.7 Å². The lowest BCUT2D eigenvalue weighted by atomic mass is 10.2. The smallest absolute Gasteiger partial charge is 0.100 e. The summed E-state index contributed by atoms with van der Waals surface area (Å²) in [6, 6.07) is 10.2. The fourth-order valence-corrected chi connectivity index (χ4v) is 5.63. The van der Waals surface area contributed by atoms with E-state index in [0.29, 0.717) is 0 Å². The van der Waals surface area contributed by atoms with Crippen LogP contribution in [0.3, 0.4) is 0 Å². The second-order valence-electron chi connectivity index (χ2n) is 5.83. The lowest BCUT2D eigenvalue weighted by Crippen LogP contribution is -2.39. The molecule has 22 heavy (non-hydrogen) atoms. The maximum atomic E-state index is 5.77. The zero-order chi connectivity index (χ0) is 15.6. The van der Waals surface area contributed by atoms with Crippen molar-refractivity contribution in [1.29, 1.82) is 0 Å². The highest BCUT2D eigenvalue weighted by Gasteiger charge is 2.16. The summed E-state index contributed by atoms with van der Waals surface area (Å²) in [5.41, 5.74) is 1.22. The van der Waals surface area contributed by atoms with Crippen molar-refractivity contribution in [2.24, 2.45) is 0 Å². The van der Waals surface area contributed by atoms with E-state index in [9.17, 15) is 0 Å². The Kier molecular flexibility index (Phi) is 7.87. The van der Waals surface area contributed by atoms with Crippen molar-refractivity contribution in [1.82, 2.24) is 4.90 Å². The van der Waals surface area contributed by atoms with Gasteiger partial charge < -0.3 is 9.47 Å². The summed E-state index contributed by atoms with van der Waals surface area (Å²) < 4.78 is 11.2. The average molecular weight is 320 g/mol. The highest BCUT2D eigenvalue weighted by atomic mass is 28.3. The van der Waals surface area contributed by atoms with Crippen molar-refractivity contribution in [3.63, 3.8) is 0 Å². The molecule has 1 aliphatic heterocycles. The van der Waals surface area contributed by atoms with Crippen LogP contribution in [-0.4, -0.2) is 59.4 Å². The van der Waals surface area contributed by atoms with E-state index in [1.54, 1.807) is 0 Å². The summed E-state index contributed by atoms with van der Waals surface area (Å²) >= 11 is 0. The summed E-state index contributed by atoms with van der Waals surface area (Å²) in [7, 11) is -1.05. The molecule has 0 N–H and O–H groups in total. The molecule has 0 bridgehead atoms. The number of nitrogens with zero attached hydrogens (tertiary/aromatic N) is 1. The molecule has 4 heteroatoms. The van der Waals surface area contributed by atoms with E-state index in [-0.39, 0.29) is 0 Å². The van der Waals surface area contributed by atoms with Gasteiger partial charge in [0.1, 0.15) is 8.80 Å². The van der Waals surface area contributed by atoms with Crippen LogP contribution >= 0.6 is 0 Å². The number of morpholine rings is 1. The minimum absolute atomic E-state index is 0.814. The van der Waals surface area contributed by atoms with Gasteiger partial charge in [-0.1, -0.05) is 48.2 Å². The van der Waals surface area contributed by atoms with E-state index in [1.807, 2.05) is 6.08 Å². The van der Waals surface area contributed by atoms with Crippen molar-refractivity contribution < 1.29 is 9.47 Å². The fourth-order valence-electron chi connectivity index (χ4n) is 2.93. The van der Waals surface area contributed by atoms with Gasteiger partial charge in [0.05, 0.1) is 13.2 Å². The maximum absolute atomic E-state index is 5.77. The second-order valence-corrected chi connectivity index (χ2v) is 8.80. The van der Waals surface area contributed by atoms with Crippen LogP contribution in [0.2, 0.25) is 6.04 Å². The first-order valence-electron chi connectivity index (χ1n) is 8.43. The van der Waals surface area contributed by atoms with Crippen LogP contribution in [0.15, 0.2) is 30.8 Å². The Morgan fingerprint density at radius 1 is 1.36 bits per heavy atom. The van der Waals surface area contributed by atoms with Crippen LogP contribution < -0.4 is 5.19 Å². The number of benzene rings is 1. The van der Waals surface area contributed by atoms with Gasteiger partial charge in [-0.05, 0) is 25.5 Å². The normalized spacial score (nSPS) is 17.3. The third-order valence-corrected chi connectivity index (χ3v) is 7.32. The molecular formula is C18H29NO2Si. The molecule has 1 atom stereocenters. The summed E-state index contributed by atoms with van der Waals surface area (Å²) in [5, 5.41) is 1.51. The van der Waals surface area contributed by atoms with Crippen LogP contribution in [-0.2, 0) is 9.47 Å². The Morgan fingerprint density at radius 3 is 2.91 bits per heavy atom. The van der Waals surface area contributed by atoms with Gasteiger partial charge in [0.15, 0.2) is 0 Å². The van der Waals surface area contributed by atoms with E-state index in [0.717, 1.165) is 39.1 Å². The summed E-state index contributed by atoms with van der Waals surface area (Å²) in [6.45, 7) is 11.9. The molecule has 1 fully saturated rings. The first kappa shape index (κ1) is 17.4. The third kappa shape index (κ3) is 5.69. The Morgan fingerprint density at radius 2 is 2.18 bits per heavy atom. The van der Waals surface area contributed by atoms with Crippen molar-refractivity contribution in [3.8, 4) is 0 Å². The second kappa shape index (κ2) is 9.95. The minimum Gasteiger partial charge on any atom is -0.385 e. The lowest BCUT2D eigenvalue weighted by Gasteiger charge is -2.27. The Labute approximate surface area is 136 Å². The molecule has 1 aromatic carbocycles. The molecule has 122 valence electrons. The third-order valence-electron chi connectivity index (χ3n) is 4.27. The Hall–Kier alpha value is -0.943. The number of hydrogen-bond acceptors (Lipinski definition) is 3. The molecule has 0 spiro atoms. The predicted octanol–water partition coefficient (Wildman–Crippen LogP) is 2.06. The molecule has 0 aromatic heterocycles. The Bertz CT molecular complexity index is 446. The molecule has 0 saturated carbocycles. The average Bonchev–Trinajstić information content (AvgIpc) is 2.59. The van der Waals surface area contributed by atoms with Gasteiger partial charge in [-0.3, -0.25) is 4.90 Å². The van der Waals surface area contributed by atoms with Gasteiger partial charge in [-0.2, -0.15) is 0 Å². The monoisotopic (exact) mass is 319 g/mol. The van der Waals surface area contributed by atoms with Crippen LogP contribution in [0.1, 0.15) is 18.9 Å². The van der Waals surface area contributed by atoms with E-state index >= 15 is 0 Å². The number of rotatable bonds is 9. The van der Waals surface area contributed by atoms with E-state index < -0.39 is 8.80 Å². The van der Waals surface area contributed by atoms with Crippen LogP contribution in [0.4, 0.5) is 0 Å². The fraction of sp³-hybridized carbons (Fsp3) is 0.556. The predicted molar refractivity (Wildman–Crippen MR) is 96.5 cm³/mol. The summed E-state index contributed by atoms with van der Waals surface area (Å²) in [6.07, 6.45) is 4.14. The molecule has 1 aromatic rings. The molecule has 0 radical (unpaired) electrons. The molecule has 0 amide bonds. The van der Waals surface area contributed by atoms with E-state index in [1.165, 1.54) is 29.8 Å². The van der Waals surface area contributed by atoms with Crippen molar-refractivity contribution in [3.05, 3.63) is 36.4 Å². The standard InChI is InChI=1S/C18H29NO2Si/c1-3-17-7-5-8-18(15-17)22(16-20-4-2)14-6-9-19-10-12-21-13-11-19/h3,5,7-8,15,22H,1,4,6,9-14,16H2,2H3. The van der Waals surface area contributed by atoms with E-state index in [4.69, 9.17) is 9.47 Å². The van der Waals surface area contributed by atoms with Gasteiger partial charge >= 0.3 is 0 Å². The molecule has 3 nitrogen and oxygen atoms in total. The van der Waals surface area contributed by atoms with Gasteiger partial charge in [0.2, 0.25) is 0 Å². The van der Waals surface area contributed by atoms with Gasteiger partial charge in [-0.15, -0.1) is 0 Å². The van der Waals surface area contributed by atoms with Crippen LogP contribution in [0.25, 0.3) is 6.08 Å². The molecule has 1 heterocycles. The minimum atomic E-state index is -1.05. The maximum Gasteiger partial charge on any atom is 0.100 e. The lowest BCUT2D eigenvalue weighted by molar-refractivity contribution is 0.0379. The summed E-state index contributed by atoms with van der Waals surface area (Å²) in [5.74, 6) is 0. The first-order valence-corrected chi connectivity index (χ1v) is 10.6. The molecule has 1 unspecified atom stereocenters. The molecule has 2 rings (SSSR count). The first-order chi connectivity index (χ1) is 10.8. The van der Waals surface area contributed by atoms with Gasteiger partial charge in [0.25, 0.3) is 0 Å². The van der Waals surface area contributed by atoms with Crippen LogP contribution in [0, 0.1) is 0 Å². The number of hydrogen-bond donors (Lipinski definition) is 0. The van der Waals surface area contributed by atoms with Gasteiger partial charge in [-0.25, -0.2) is 0 Å². The summed E-state index contributed by atoms with van der Waals surface area (Å²) in [4.78, 5) is 2.52. The number of ether oxygens (including phenoxy) is 2. The van der Waals surface area contributed by atoms with Crippen molar-refractivity contribution in [2.75, 3.05) is 45.7 Å².